The van der Waals surface area contributed by atoms with Gasteiger partial charge in [-0.05, 0) is 6.92 Å². The van der Waals surface area contributed by atoms with Crippen LogP contribution in [0.1, 0.15) is 16.6 Å². The first-order chi connectivity index (χ1) is 8.65. The molecule has 0 aliphatic carbocycles. The molecule has 1 aromatic heterocycles. The van der Waals surface area contributed by atoms with E-state index >= 15 is 0 Å². The molecular formula is C11H19N3O3S. The van der Waals surface area contributed by atoms with Crippen molar-refractivity contribution in [3.8, 4) is 5.75 Å². The minimum absolute atomic E-state index is 0.182. The Kier molecular flexibility index (Phi) is 5.73. The van der Waals surface area contributed by atoms with Crippen LogP contribution in [0.2, 0.25) is 0 Å². The van der Waals surface area contributed by atoms with Gasteiger partial charge < -0.3 is 25.8 Å². The number of anilines is 2. The van der Waals surface area contributed by atoms with Gasteiger partial charge in [0.1, 0.15) is 15.6 Å². The van der Waals surface area contributed by atoms with Crippen LogP contribution in [0.4, 0.5) is 10.7 Å². The highest BCUT2D eigenvalue weighted by Crippen LogP contribution is 2.42. The van der Waals surface area contributed by atoms with E-state index in [1.54, 1.807) is 7.11 Å². The van der Waals surface area contributed by atoms with Crippen LogP contribution in [0.3, 0.4) is 0 Å². The van der Waals surface area contributed by atoms with Gasteiger partial charge in [-0.25, -0.2) is 0 Å². The molecule has 1 amide bonds. The number of nitrogen functional groups attached to an aromatic ring is 1. The molecule has 6 nitrogen and oxygen atoms in total. The van der Waals surface area contributed by atoms with Crippen molar-refractivity contribution in [2.75, 3.05) is 45.0 Å². The number of hydrogen-bond donors (Lipinski definition) is 3. The molecule has 1 rings (SSSR count). The van der Waals surface area contributed by atoms with Gasteiger partial charge in [0.25, 0.3) is 5.91 Å². The van der Waals surface area contributed by atoms with Crippen molar-refractivity contribution in [2.45, 2.75) is 6.92 Å². The van der Waals surface area contributed by atoms with E-state index in [0.29, 0.717) is 36.0 Å². The quantitative estimate of drug-likeness (QED) is 0.649. The van der Waals surface area contributed by atoms with Crippen molar-refractivity contribution in [1.82, 2.24) is 5.32 Å². The lowest BCUT2D eigenvalue weighted by Gasteiger charge is -2.05. The van der Waals surface area contributed by atoms with E-state index in [0.717, 1.165) is 5.00 Å². The monoisotopic (exact) mass is 273 g/mol. The molecule has 0 aliphatic heterocycles. The van der Waals surface area contributed by atoms with E-state index in [-0.39, 0.29) is 5.91 Å². The predicted octanol–water partition coefficient (Wildman–Crippen LogP) is 1.15. The Labute approximate surface area is 110 Å². The van der Waals surface area contributed by atoms with Gasteiger partial charge in [-0.2, -0.15) is 0 Å². The van der Waals surface area contributed by atoms with E-state index in [1.165, 1.54) is 18.4 Å². The molecule has 18 heavy (non-hydrogen) atoms. The fourth-order valence-corrected chi connectivity index (χ4v) is 2.46. The van der Waals surface area contributed by atoms with Gasteiger partial charge >= 0.3 is 0 Å². The van der Waals surface area contributed by atoms with Gasteiger partial charge in [0.15, 0.2) is 5.75 Å². The second-order valence-electron chi connectivity index (χ2n) is 3.49. The van der Waals surface area contributed by atoms with Gasteiger partial charge in [-0.3, -0.25) is 4.79 Å². The molecule has 0 aromatic carbocycles. The molecule has 1 aromatic rings. The number of rotatable bonds is 7. The summed E-state index contributed by atoms with van der Waals surface area (Å²) in [6.45, 7) is 3.61. The van der Waals surface area contributed by atoms with Crippen LogP contribution in [0.5, 0.6) is 5.75 Å². The number of hydrogen-bond acceptors (Lipinski definition) is 6. The maximum atomic E-state index is 11.8. The fraction of sp³-hybridized carbons (Fsp3) is 0.545. The molecule has 102 valence electrons. The number of nitrogens with two attached hydrogens (primary N) is 1. The highest BCUT2D eigenvalue weighted by molar-refractivity contribution is 7.19. The highest BCUT2D eigenvalue weighted by Gasteiger charge is 2.21. The van der Waals surface area contributed by atoms with Crippen LogP contribution in [0, 0.1) is 0 Å². The molecule has 1 heterocycles. The maximum Gasteiger partial charge on any atom is 0.263 e. The summed E-state index contributed by atoms with van der Waals surface area (Å²) < 4.78 is 10.2. The summed E-state index contributed by atoms with van der Waals surface area (Å²) in [5.74, 6) is 0.329. The number of carbonyl (C=O) groups is 1. The van der Waals surface area contributed by atoms with Crippen molar-refractivity contribution in [1.29, 1.82) is 0 Å². The van der Waals surface area contributed by atoms with E-state index in [4.69, 9.17) is 15.2 Å². The summed E-state index contributed by atoms with van der Waals surface area (Å²) in [4.78, 5) is 12.3. The molecule has 0 aliphatic rings. The van der Waals surface area contributed by atoms with Crippen molar-refractivity contribution < 1.29 is 14.3 Å². The Morgan fingerprint density at radius 1 is 1.44 bits per heavy atom. The van der Waals surface area contributed by atoms with Crippen LogP contribution >= 0.6 is 11.3 Å². The van der Waals surface area contributed by atoms with Crippen molar-refractivity contribution in [2.24, 2.45) is 0 Å². The molecule has 0 saturated heterocycles. The largest absolute Gasteiger partial charge is 0.492 e. The van der Waals surface area contributed by atoms with Crippen LogP contribution in [-0.4, -0.2) is 39.8 Å². The van der Waals surface area contributed by atoms with E-state index in [1.807, 2.05) is 6.92 Å². The fourth-order valence-electron chi connectivity index (χ4n) is 1.42. The van der Waals surface area contributed by atoms with Crippen molar-refractivity contribution >= 4 is 27.9 Å². The molecule has 0 fully saturated rings. The number of carbonyl (C=O) groups excluding carboxylic acids is 1. The van der Waals surface area contributed by atoms with Crippen LogP contribution in [-0.2, 0) is 4.74 Å². The number of methoxy groups -OCH3 is 2. The zero-order valence-electron chi connectivity index (χ0n) is 10.8. The molecule has 7 heteroatoms. The number of thiophene rings is 1. The van der Waals surface area contributed by atoms with Gasteiger partial charge in [0, 0.05) is 20.2 Å². The molecule has 0 spiro atoms. The van der Waals surface area contributed by atoms with E-state index in [2.05, 4.69) is 10.6 Å². The van der Waals surface area contributed by atoms with Crippen LogP contribution in [0.25, 0.3) is 0 Å². The first-order valence-corrected chi connectivity index (χ1v) is 6.44. The van der Waals surface area contributed by atoms with Gasteiger partial charge in [-0.15, -0.1) is 11.3 Å². The van der Waals surface area contributed by atoms with Gasteiger partial charge in [-0.1, -0.05) is 0 Å². The Morgan fingerprint density at radius 2 is 2.17 bits per heavy atom. The molecule has 0 radical (unpaired) electrons. The Hall–Kier alpha value is -1.47. The minimum atomic E-state index is -0.182. The number of nitrogens with one attached hydrogen (secondary N) is 2. The lowest BCUT2D eigenvalue weighted by Crippen LogP contribution is -2.22. The molecule has 0 atom stereocenters. The topological polar surface area (TPSA) is 85.6 Å². The summed E-state index contributed by atoms with van der Waals surface area (Å²) in [7, 11) is 3.16. The summed E-state index contributed by atoms with van der Waals surface area (Å²) in [6.07, 6.45) is 0. The Morgan fingerprint density at radius 3 is 2.72 bits per heavy atom. The minimum Gasteiger partial charge on any atom is -0.492 e. The van der Waals surface area contributed by atoms with Crippen LogP contribution < -0.4 is 21.1 Å². The lowest BCUT2D eigenvalue weighted by atomic mass is 10.3. The smallest absolute Gasteiger partial charge is 0.263 e. The number of ether oxygens (including phenoxy) is 2. The predicted molar refractivity (Wildman–Crippen MR) is 73.7 cm³/mol. The summed E-state index contributed by atoms with van der Waals surface area (Å²) >= 11 is 1.28. The molecule has 0 saturated carbocycles. The highest BCUT2D eigenvalue weighted by atomic mass is 32.1. The summed E-state index contributed by atoms with van der Waals surface area (Å²) in [5, 5.41) is 6.59. The molecule has 0 unspecified atom stereocenters. The first-order valence-electron chi connectivity index (χ1n) is 5.62. The second-order valence-corrected chi connectivity index (χ2v) is 4.51. The van der Waals surface area contributed by atoms with E-state index < -0.39 is 0 Å². The van der Waals surface area contributed by atoms with Crippen molar-refractivity contribution in [3.63, 3.8) is 0 Å². The third-order valence-corrected chi connectivity index (χ3v) is 3.38. The first kappa shape index (κ1) is 14.6. The van der Waals surface area contributed by atoms with Crippen molar-refractivity contribution in [3.05, 3.63) is 4.88 Å². The molecule has 4 N–H and O–H groups in total. The average molecular weight is 273 g/mol. The van der Waals surface area contributed by atoms with Gasteiger partial charge in [0.2, 0.25) is 0 Å². The Balaban J connectivity index is 2.90. The SMILES string of the molecule is CCNC(=O)c1sc(NCCOC)c(OC)c1N. The zero-order valence-corrected chi connectivity index (χ0v) is 11.6. The second kappa shape index (κ2) is 7.07. The van der Waals surface area contributed by atoms with Gasteiger partial charge in [0.05, 0.1) is 13.7 Å². The average Bonchev–Trinajstić information content (AvgIpc) is 2.66. The maximum absolute atomic E-state index is 11.8. The summed E-state index contributed by atoms with van der Waals surface area (Å²) in [5.41, 5.74) is 6.27. The zero-order chi connectivity index (χ0) is 13.5. The normalized spacial score (nSPS) is 10.2. The summed E-state index contributed by atoms with van der Waals surface area (Å²) in [6, 6.07) is 0. The van der Waals surface area contributed by atoms with Crippen LogP contribution in [0.15, 0.2) is 0 Å². The molecular weight excluding hydrogens is 254 g/mol. The number of amides is 1. The lowest BCUT2D eigenvalue weighted by molar-refractivity contribution is 0.0960. The van der Waals surface area contributed by atoms with E-state index in [9.17, 15) is 4.79 Å². The third-order valence-electron chi connectivity index (χ3n) is 2.24. The molecule has 0 bridgehead atoms. The third kappa shape index (κ3) is 3.27. The standard InChI is InChI=1S/C11H19N3O3S/c1-4-13-10(15)9-7(12)8(17-3)11(18-9)14-5-6-16-2/h14H,4-6,12H2,1-3H3,(H,13,15). The Bertz CT molecular complexity index is 406.